The van der Waals surface area contributed by atoms with E-state index in [-0.39, 0.29) is 11.5 Å². The van der Waals surface area contributed by atoms with Gasteiger partial charge in [0.25, 0.3) is 0 Å². The van der Waals surface area contributed by atoms with Gasteiger partial charge < -0.3 is 40.4 Å². The van der Waals surface area contributed by atoms with Crippen molar-refractivity contribution in [1.29, 1.82) is 0 Å². The van der Waals surface area contributed by atoms with Crippen molar-refractivity contribution >= 4 is 22.6 Å². The number of carboxylic acid groups (broad SMARTS) is 1. The molecule has 0 unspecified atom stereocenters. The molecular formula is C18H15NO9. The fourth-order valence-electron chi connectivity index (χ4n) is 2.61. The number of fused-ring (bicyclic) bond motifs is 1. The SMILES string of the molecule is O=C(O)[C@H](CO)Nc1c(O)c(O)c(O)c2c(=O)cc(-c3ccc(O)cc3)oc12. The van der Waals surface area contributed by atoms with Crippen LogP contribution in [0.3, 0.4) is 0 Å². The smallest absolute Gasteiger partial charge is 0.328 e. The fraction of sp³-hybridized carbons (Fsp3) is 0.111. The first-order valence-electron chi connectivity index (χ1n) is 7.89. The highest BCUT2D eigenvalue weighted by Gasteiger charge is 2.27. The van der Waals surface area contributed by atoms with Gasteiger partial charge in [-0.2, -0.15) is 0 Å². The van der Waals surface area contributed by atoms with E-state index in [1.165, 1.54) is 24.3 Å². The Labute approximate surface area is 156 Å². The summed E-state index contributed by atoms with van der Waals surface area (Å²) in [6.45, 7) is -0.875. The van der Waals surface area contributed by atoms with E-state index in [1.807, 2.05) is 0 Å². The molecule has 0 radical (unpaired) electrons. The molecule has 0 saturated heterocycles. The maximum Gasteiger partial charge on any atom is 0.328 e. The third kappa shape index (κ3) is 3.12. The Hall–Kier alpha value is -3.92. The summed E-state index contributed by atoms with van der Waals surface area (Å²) >= 11 is 0. The molecule has 1 aromatic heterocycles. The summed E-state index contributed by atoms with van der Waals surface area (Å²) in [7, 11) is 0. The summed E-state index contributed by atoms with van der Waals surface area (Å²) in [5, 5.41) is 59.6. The van der Waals surface area contributed by atoms with Gasteiger partial charge in [0.2, 0.25) is 5.75 Å². The number of aliphatic hydroxyl groups is 1. The molecule has 0 spiro atoms. The average molecular weight is 389 g/mol. The van der Waals surface area contributed by atoms with Crippen molar-refractivity contribution in [2.75, 3.05) is 11.9 Å². The minimum atomic E-state index is -1.60. The van der Waals surface area contributed by atoms with E-state index in [0.717, 1.165) is 6.07 Å². The van der Waals surface area contributed by atoms with Crippen LogP contribution in [0.5, 0.6) is 23.0 Å². The number of anilines is 1. The number of hydrogen-bond donors (Lipinski definition) is 7. The first-order valence-corrected chi connectivity index (χ1v) is 7.89. The highest BCUT2D eigenvalue weighted by molar-refractivity contribution is 6.01. The predicted octanol–water partition coefficient (Wildman–Crippen LogP) is 1.14. The molecule has 3 aromatic rings. The van der Waals surface area contributed by atoms with E-state index >= 15 is 0 Å². The number of hydrogen-bond acceptors (Lipinski definition) is 9. The standard InChI is InChI=1S/C18H15NO9/c20-6-9(18(26)27)19-13-15(24)16(25)14(23)12-10(22)5-11(28-17(12)13)7-1-3-8(21)4-2-7/h1-5,9,19-21,23-25H,6H2,(H,26,27)/t9-/m0/s1. The lowest BCUT2D eigenvalue weighted by molar-refractivity contribution is -0.138. The normalized spacial score (nSPS) is 12.0. The molecule has 0 aliphatic carbocycles. The van der Waals surface area contributed by atoms with Gasteiger partial charge in [-0.3, -0.25) is 4.79 Å². The molecule has 1 heterocycles. The number of carbonyl (C=O) groups is 1. The molecule has 0 saturated carbocycles. The minimum absolute atomic E-state index is 0.0130. The number of phenols is 4. The predicted molar refractivity (Wildman–Crippen MR) is 96.7 cm³/mol. The Morgan fingerprint density at radius 1 is 1.04 bits per heavy atom. The van der Waals surface area contributed by atoms with E-state index < -0.39 is 58.0 Å². The summed E-state index contributed by atoms with van der Waals surface area (Å²) in [5.74, 6) is -4.47. The van der Waals surface area contributed by atoms with E-state index in [2.05, 4.69) is 5.32 Å². The van der Waals surface area contributed by atoms with Crippen LogP contribution >= 0.6 is 0 Å². The topological polar surface area (TPSA) is 181 Å². The quantitative estimate of drug-likeness (QED) is 0.247. The molecule has 146 valence electrons. The van der Waals surface area contributed by atoms with Crippen molar-refractivity contribution in [3.63, 3.8) is 0 Å². The van der Waals surface area contributed by atoms with Gasteiger partial charge in [0.05, 0.1) is 6.61 Å². The molecule has 0 aliphatic rings. The summed E-state index contributed by atoms with van der Waals surface area (Å²) < 4.78 is 5.59. The van der Waals surface area contributed by atoms with Crippen LogP contribution in [0.2, 0.25) is 0 Å². The van der Waals surface area contributed by atoms with Crippen LogP contribution in [-0.4, -0.2) is 49.3 Å². The molecular weight excluding hydrogens is 374 g/mol. The van der Waals surface area contributed by atoms with E-state index in [4.69, 9.17) is 9.52 Å². The number of rotatable bonds is 5. The first kappa shape index (κ1) is 18.9. The highest BCUT2D eigenvalue weighted by Crippen LogP contribution is 2.47. The van der Waals surface area contributed by atoms with Crippen LogP contribution in [0.15, 0.2) is 39.5 Å². The molecule has 0 fully saturated rings. The number of carboxylic acids is 1. The number of aliphatic carboxylic acids is 1. The van der Waals surface area contributed by atoms with Crippen LogP contribution in [0.1, 0.15) is 0 Å². The Balaban J connectivity index is 2.32. The molecule has 1 atom stereocenters. The second kappa shape index (κ2) is 7.00. The number of nitrogens with one attached hydrogen (secondary N) is 1. The van der Waals surface area contributed by atoms with Crippen molar-refractivity contribution in [2.45, 2.75) is 6.04 Å². The zero-order valence-corrected chi connectivity index (χ0v) is 14.1. The van der Waals surface area contributed by atoms with Gasteiger partial charge in [0.15, 0.2) is 22.5 Å². The molecule has 0 aliphatic heterocycles. The molecule has 7 N–H and O–H groups in total. The van der Waals surface area contributed by atoms with Gasteiger partial charge in [-0.25, -0.2) is 4.79 Å². The van der Waals surface area contributed by atoms with Gasteiger partial charge in [-0.05, 0) is 24.3 Å². The van der Waals surface area contributed by atoms with Crippen molar-refractivity contribution in [3.8, 4) is 34.3 Å². The Morgan fingerprint density at radius 2 is 1.68 bits per heavy atom. The lowest BCUT2D eigenvalue weighted by atomic mass is 10.1. The monoisotopic (exact) mass is 389 g/mol. The molecule has 3 rings (SSSR count). The lowest BCUT2D eigenvalue weighted by Gasteiger charge is -2.17. The van der Waals surface area contributed by atoms with Gasteiger partial charge in [0, 0.05) is 11.6 Å². The van der Waals surface area contributed by atoms with Crippen LogP contribution < -0.4 is 10.7 Å². The molecule has 28 heavy (non-hydrogen) atoms. The average Bonchev–Trinajstić information content (AvgIpc) is 2.66. The maximum absolute atomic E-state index is 12.5. The van der Waals surface area contributed by atoms with E-state index in [1.54, 1.807) is 0 Å². The number of aliphatic hydroxyl groups excluding tert-OH is 1. The maximum atomic E-state index is 12.5. The largest absolute Gasteiger partial charge is 0.508 e. The van der Waals surface area contributed by atoms with Crippen LogP contribution in [0, 0.1) is 0 Å². The first-order chi connectivity index (χ1) is 13.2. The molecule has 0 bridgehead atoms. The highest BCUT2D eigenvalue weighted by atomic mass is 16.4. The van der Waals surface area contributed by atoms with Crippen molar-refractivity contribution in [2.24, 2.45) is 0 Å². The van der Waals surface area contributed by atoms with Crippen molar-refractivity contribution < 1.29 is 39.9 Å². The van der Waals surface area contributed by atoms with Crippen LogP contribution in [-0.2, 0) is 4.79 Å². The summed E-state index contributed by atoms with van der Waals surface area (Å²) in [6, 6.07) is 5.00. The zero-order chi connectivity index (χ0) is 20.6. The van der Waals surface area contributed by atoms with Gasteiger partial charge in [0.1, 0.15) is 28.6 Å². The second-order valence-electron chi connectivity index (χ2n) is 5.86. The molecule has 10 nitrogen and oxygen atoms in total. The fourth-order valence-corrected chi connectivity index (χ4v) is 2.61. The minimum Gasteiger partial charge on any atom is -0.508 e. The van der Waals surface area contributed by atoms with Crippen molar-refractivity contribution in [1.82, 2.24) is 0 Å². The summed E-state index contributed by atoms with van der Waals surface area (Å²) in [5.41, 5.74) is -1.34. The molecule has 0 amide bonds. The van der Waals surface area contributed by atoms with Gasteiger partial charge >= 0.3 is 5.97 Å². The third-order valence-electron chi connectivity index (χ3n) is 4.05. The van der Waals surface area contributed by atoms with Gasteiger partial charge in [-0.15, -0.1) is 0 Å². The Kier molecular flexibility index (Phi) is 4.72. The Bertz CT molecular complexity index is 1120. The lowest BCUT2D eigenvalue weighted by Crippen LogP contribution is -2.32. The number of aromatic hydroxyl groups is 4. The third-order valence-corrected chi connectivity index (χ3v) is 4.05. The van der Waals surface area contributed by atoms with Gasteiger partial charge in [-0.1, -0.05) is 0 Å². The van der Waals surface area contributed by atoms with Crippen molar-refractivity contribution in [3.05, 3.63) is 40.6 Å². The zero-order valence-electron chi connectivity index (χ0n) is 14.1. The molecule has 2 aromatic carbocycles. The number of phenolic OH excluding ortho intramolecular Hbond substituents is 4. The van der Waals surface area contributed by atoms with Crippen LogP contribution in [0.4, 0.5) is 5.69 Å². The second-order valence-corrected chi connectivity index (χ2v) is 5.86. The van der Waals surface area contributed by atoms with E-state index in [0.29, 0.717) is 5.56 Å². The van der Waals surface area contributed by atoms with E-state index in [9.17, 15) is 35.1 Å². The number of benzene rings is 2. The summed E-state index contributed by atoms with van der Waals surface area (Å²) in [6.07, 6.45) is 0. The Morgan fingerprint density at radius 3 is 2.25 bits per heavy atom. The van der Waals surface area contributed by atoms with Crippen LogP contribution in [0.25, 0.3) is 22.3 Å². The molecule has 10 heteroatoms. The summed E-state index contributed by atoms with van der Waals surface area (Å²) in [4.78, 5) is 23.7.